The van der Waals surface area contributed by atoms with Crippen molar-refractivity contribution in [2.24, 2.45) is 0 Å². The molecule has 34 heavy (non-hydrogen) atoms. The summed E-state index contributed by atoms with van der Waals surface area (Å²) in [5.74, 6) is -0.0271. The second kappa shape index (κ2) is 9.90. The lowest BCUT2D eigenvalue weighted by atomic mass is 10.1. The van der Waals surface area contributed by atoms with Crippen LogP contribution in [-0.2, 0) is 11.3 Å². The number of hydrogen-bond donors (Lipinski definition) is 1. The maximum Gasteiger partial charge on any atom is 0.265 e. The van der Waals surface area contributed by atoms with Gasteiger partial charge in [-0.25, -0.2) is 0 Å². The minimum Gasteiger partial charge on any atom is -0.349 e. The number of aryl methyl sites for hydroxylation is 1. The number of benzene rings is 3. The Balaban J connectivity index is 1.38. The van der Waals surface area contributed by atoms with Crippen LogP contribution in [0.25, 0.3) is 6.08 Å². The van der Waals surface area contributed by atoms with Crippen molar-refractivity contribution in [2.75, 3.05) is 4.90 Å². The lowest BCUT2D eigenvalue weighted by molar-refractivity contribution is -0.114. The quantitative estimate of drug-likeness (QED) is 0.444. The van der Waals surface area contributed by atoms with Crippen molar-refractivity contribution in [1.82, 2.24) is 5.32 Å². The predicted molar refractivity (Wildman–Crippen MR) is 139 cm³/mol. The fourth-order valence-electron chi connectivity index (χ4n) is 4.63. The minimum absolute atomic E-state index is 0.00624. The Bertz CT molecular complexity index is 1240. The number of para-hydroxylation sites is 1. The minimum atomic E-state index is -0.0209. The highest BCUT2D eigenvalue weighted by Crippen LogP contribution is 2.42. The van der Waals surface area contributed by atoms with Crippen molar-refractivity contribution >= 4 is 35.3 Å². The second-order valence-electron chi connectivity index (χ2n) is 9.04. The number of hydrogen-bond acceptors (Lipinski definition) is 3. The molecule has 4 nitrogen and oxygen atoms in total. The zero-order chi connectivity index (χ0) is 23.5. The fraction of sp³-hybridized carbons (Fsp3) is 0.241. The first-order valence-corrected chi connectivity index (χ1v) is 12.7. The molecular formula is C29H28N2O2S. The topological polar surface area (TPSA) is 49.4 Å². The van der Waals surface area contributed by atoms with Crippen molar-refractivity contribution in [3.63, 3.8) is 0 Å². The second-order valence-corrected chi connectivity index (χ2v) is 10.1. The number of nitrogens with one attached hydrogen (secondary N) is 1. The average molecular weight is 469 g/mol. The summed E-state index contributed by atoms with van der Waals surface area (Å²) >= 11 is 1.50. The molecule has 0 saturated heterocycles. The number of amides is 2. The van der Waals surface area contributed by atoms with Gasteiger partial charge in [0.15, 0.2) is 0 Å². The summed E-state index contributed by atoms with van der Waals surface area (Å²) in [6.45, 7) is 2.59. The van der Waals surface area contributed by atoms with E-state index in [-0.39, 0.29) is 11.8 Å². The van der Waals surface area contributed by atoms with Crippen LogP contribution in [0.3, 0.4) is 0 Å². The van der Waals surface area contributed by atoms with E-state index in [2.05, 4.69) is 36.5 Å². The maximum absolute atomic E-state index is 13.5. The molecule has 1 heterocycles. The van der Waals surface area contributed by atoms with Crippen LogP contribution >= 0.6 is 11.8 Å². The number of anilines is 1. The number of nitrogens with zero attached hydrogens (tertiary/aromatic N) is 1. The Hall–Kier alpha value is -3.31. The first kappa shape index (κ1) is 22.5. The molecule has 5 heteroatoms. The molecule has 2 aliphatic rings. The molecule has 0 bridgehead atoms. The molecular weight excluding hydrogens is 440 g/mol. The highest BCUT2D eigenvalue weighted by atomic mass is 32.2. The molecule has 3 aromatic carbocycles. The van der Waals surface area contributed by atoms with E-state index in [1.165, 1.54) is 30.2 Å². The van der Waals surface area contributed by atoms with Crippen LogP contribution in [0.5, 0.6) is 0 Å². The Labute approximate surface area is 205 Å². The summed E-state index contributed by atoms with van der Waals surface area (Å²) in [6, 6.07) is 24.1. The smallest absolute Gasteiger partial charge is 0.265 e. The van der Waals surface area contributed by atoms with Gasteiger partial charge in [0.1, 0.15) is 0 Å². The SMILES string of the molecule is Cc1cccc(CN2C(=O)/C(=C\c3ccc(C(=O)NC4CCCC4)cc3)Sc3ccccc32)c1. The van der Waals surface area contributed by atoms with Crippen LogP contribution < -0.4 is 10.2 Å². The Morgan fingerprint density at radius 3 is 2.56 bits per heavy atom. The van der Waals surface area contributed by atoms with E-state index in [0.717, 1.165) is 34.6 Å². The van der Waals surface area contributed by atoms with Crippen LogP contribution in [0.4, 0.5) is 5.69 Å². The first-order chi connectivity index (χ1) is 16.6. The normalized spacial score (nSPS) is 17.1. The van der Waals surface area contributed by atoms with Gasteiger partial charge in [-0.05, 0) is 61.2 Å². The zero-order valence-electron chi connectivity index (χ0n) is 19.3. The molecule has 0 atom stereocenters. The Morgan fingerprint density at radius 2 is 1.79 bits per heavy atom. The summed E-state index contributed by atoms with van der Waals surface area (Å²) < 4.78 is 0. The van der Waals surface area contributed by atoms with Crippen molar-refractivity contribution in [1.29, 1.82) is 0 Å². The number of thioether (sulfide) groups is 1. The predicted octanol–water partition coefficient (Wildman–Crippen LogP) is 6.35. The molecule has 2 amide bonds. The van der Waals surface area contributed by atoms with Gasteiger partial charge in [-0.1, -0.05) is 78.7 Å². The van der Waals surface area contributed by atoms with Gasteiger partial charge >= 0.3 is 0 Å². The van der Waals surface area contributed by atoms with E-state index in [9.17, 15) is 9.59 Å². The maximum atomic E-state index is 13.5. The highest BCUT2D eigenvalue weighted by Gasteiger charge is 2.29. The summed E-state index contributed by atoms with van der Waals surface area (Å²) in [5, 5.41) is 3.13. The van der Waals surface area contributed by atoms with Gasteiger partial charge in [0.25, 0.3) is 11.8 Å². The van der Waals surface area contributed by atoms with E-state index in [4.69, 9.17) is 0 Å². The molecule has 1 N–H and O–H groups in total. The molecule has 0 aromatic heterocycles. The number of rotatable bonds is 5. The molecule has 172 valence electrons. The monoisotopic (exact) mass is 468 g/mol. The van der Waals surface area contributed by atoms with Gasteiger partial charge in [0, 0.05) is 16.5 Å². The van der Waals surface area contributed by atoms with Gasteiger partial charge in [-0.15, -0.1) is 0 Å². The number of fused-ring (bicyclic) bond motifs is 1. The Kier molecular flexibility index (Phi) is 6.54. The van der Waals surface area contributed by atoms with Gasteiger partial charge in [-0.3, -0.25) is 9.59 Å². The standard InChI is InChI=1S/C29H28N2O2S/c1-20-7-6-8-22(17-20)19-31-25-11-4-5-12-26(25)34-27(29(31)33)18-21-13-15-23(16-14-21)28(32)30-24-9-2-3-10-24/h4-8,11-18,24H,2-3,9-10,19H2,1H3,(H,30,32)/b27-18+. The largest absolute Gasteiger partial charge is 0.349 e. The van der Waals surface area contributed by atoms with Gasteiger partial charge in [0.05, 0.1) is 17.1 Å². The molecule has 5 rings (SSSR count). The number of carbonyl (C=O) groups is 2. The van der Waals surface area contributed by atoms with Gasteiger partial charge in [-0.2, -0.15) is 0 Å². The third kappa shape index (κ3) is 4.95. The van der Waals surface area contributed by atoms with Crippen LogP contribution in [0, 0.1) is 6.92 Å². The fourth-order valence-corrected chi connectivity index (χ4v) is 5.69. The van der Waals surface area contributed by atoms with Crippen molar-refractivity contribution in [3.05, 3.63) is 100.0 Å². The van der Waals surface area contributed by atoms with Crippen LogP contribution in [0.15, 0.2) is 82.6 Å². The van der Waals surface area contributed by atoms with Crippen molar-refractivity contribution < 1.29 is 9.59 Å². The van der Waals surface area contributed by atoms with Crippen molar-refractivity contribution in [2.45, 2.75) is 50.1 Å². The van der Waals surface area contributed by atoms with E-state index < -0.39 is 0 Å². The molecule has 3 aromatic rings. The van der Waals surface area contributed by atoms with Crippen LogP contribution in [-0.4, -0.2) is 17.9 Å². The van der Waals surface area contributed by atoms with E-state index in [1.807, 2.05) is 59.5 Å². The molecule has 0 unspecified atom stereocenters. The van der Waals surface area contributed by atoms with Crippen LogP contribution in [0.2, 0.25) is 0 Å². The Morgan fingerprint density at radius 1 is 1.03 bits per heavy atom. The van der Waals surface area contributed by atoms with E-state index >= 15 is 0 Å². The molecule has 0 spiro atoms. The lowest BCUT2D eigenvalue weighted by Gasteiger charge is -2.30. The zero-order valence-corrected chi connectivity index (χ0v) is 20.1. The molecule has 1 fully saturated rings. The summed E-state index contributed by atoms with van der Waals surface area (Å²) in [5.41, 5.74) is 4.78. The molecule has 1 aliphatic carbocycles. The summed E-state index contributed by atoms with van der Waals surface area (Å²) in [7, 11) is 0. The first-order valence-electron chi connectivity index (χ1n) is 11.8. The third-order valence-electron chi connectivity index (χ3n) is 6.42. The molecule has 1 saturated carbocycles. The van der Waals surface area contributed by atoms with Crippen LogP contribution in [0.1, 0.15) is 52.7 Å². The third-order valence-corrected chi connectivity index (χ3v) is 7.49. The average Bonchev–Trinajstić information content (AvgIpc) is 3.35. The van der Waals surface area contributed by atoms with E-state index in [0.29, 0.717) is 23.1 Å². The molecule has 0 radical (unpaired) electrons. The van der Waals surface area contributed by atoms with Gasteiger partial charge in [0.2, 0.25) is 0 Å². The summed E-state index contributed by atoms with van der Waals surface area (Å²) in [6.07, 6.45) is 6.43. The number of carbonyl (C=O) groups excluding carboxylic acids is 2. The highest BCUT2D eigenvalue weighted by molar-refractivity contribution is 8.04. The van der Waals surface area contributed by atoms with Gasteiger partial charge < -0.3 is 10.2 Å². The lowest BCUT2D eigenvalue weighted by Crippen LogP contribution is -2.33. The summed E-state index contributed by atoms with van der Waals surface area (Å²) in [4.78, 5) is 29.7. The van der Waals surface area contributed by atoms with Crippen molar-refractivity contribution in [3.8, 4) is 0 Å². The molecule has 1 aliphatic heterocycles. The van der Waals surface area contributed by atoms with E-state index in [1.54, 1.807) is 0 Å².